The zero-order valence-corrected chi connectivity index (χ0v) is 18.4. The van der Waals surface area contributed by atoms with E-state index in [1.165, 1.54) is 12.1 Å². The molecule has 1 fully saturated rings. The number of aryl methyl sites for hydroxylation is 2. The molecule has 0 atom stereocenters. The molecule has 0 aliphatic carbocycles. The van der Waals surface area contributed by atoms with E-state index in [4.69, 9.17) is 21.1 Å². The molecule has 31 heavy (non-hydrogen) atoms. The first-order chi connectivity index (χ1) is 14.9. The van der Waals surface area contributed by atoms with Crippen LogP contribution in [0, 0.1) is 18.7 Å². The number of nitrogens with zero attached hydrogens (tertiary/aromatic N) is 4. The highest BCUT2D eigenvalue weighted by Gasteiger charge is 2.23. The summed E-state index contributed by atoms with van der Waals surface area (Å²) >= 11 is 6.01. The van der Waals surface area contributed by atoms with Crippen LogP contribution in [0.1, 0.15) is 43.3 Å². The van der Waals surface area contributed by atoms with Gasteiger partial charge in [0.05, 0.1) is 5.69 Å². The molecule has 0 unspecified atom stereocenters. The summed E-state index contributed by atoms with van der Waals surface area (Å²) in [5, 5.41) is 7.99. The van der Waals surface area contributed by atoms with Gasteiger partial charge in [-0.2, -0.15) is 4.98 Å². The zero-order valence-electron chi connectivity index (χ0n) is 17.6. The van der Waals surface area contributed by atoms with Crippen molar-refractivity contribution in [2.75, 3.05) is 18.0 Å². The van der Waals surface area contributed by atoms with Crippen LogP contribution in [-0.4, -0.2) is 34.1 Å². The molecule has 9 heteroatoms. The van der Waals surface area contributed by atoms with E-state index in [1.54, 1.807) is 6.07 Å². The Morgan fingerprint density at radius 3 is 2.84 bits per heavy atom. The highest BCUT2D eigenvalue weighted by molar-refractivity contribution is 6.31. The number of hydrogen-bond acceptors (Lipinski definition) is 6. The number of hydrogen-bond donors (Lipinski definition) is 1. The summed E-state index contributed by atoms with van der Waals surface area (Å²) in [7, 11) is 0. The summed E-state index contributed by atoms with van der Waals surface area (Å²) in [4.78, 5) is 23.8. The molecule has 1 saturated heterocycles. The number of piperidine rings is 1. The standard InChI is InChI=1S/C22H25ClFN5O2/c1-13-7-9-29(10-8-13)21-20-14(2)28-31-22(20)27-18(26-21)5-6-19(30)25-12-15-3-4-16(24)11-17(15)23/h3-4,11,13H,5-10,12H2,1-2H3,(H,25,30). The van der Waals surface area contributed by atoms with Gasteiger partial charge in [-0.1, -0.05) is 29.7 Å². The molecule has 1 aromatic carbocycles. The first-order valence-corrected chi connectivity index (χ1v) is 10.9. The van der Waals surface area contributed by atoms with Crippen molar-refractivity contribution in [3.05, 3.63) is 46.1 Å². The average Bonchev–Trinajstić information content (AvgIpc) is 3.12. The summed E-state index contributed by atoms with van der Waals surface area (Å²) < 4.78 is 18.6. The highest BCUT2D eigenvalue weighted by Crippen LogP contribution is 2.30. The van der Waals surface area contributed by atoms with Crippen LogP contribution >= 0.6 is 11.6 Å². The fourth-order valence-electron chi connectivity index (χ4n) is 3.75. The molecule has 0 radical (unpaired) electrons. The van der Waals surface area contributed by atoms with Gasteiger partial charge in [0, 0.05) is 37.5 Å². The molecule has 2 aromatic heterocycles. The van der Waals surface area contributed by atoms with E-state index in [-0.39, 0.29) is 23.9 Å². The number of carbonyl (C=O) groups is 1. The van der Waals surface area contributed by atoms with E-state index >= 15 is 0 Å². The second-order valence-electron chi connectivity index (χ2n) is 8.09. The molecule has 0 bridgehead atoms. The molecule has 0 spiro atoms. The zero-order chi connectivity index (χ0) is 22.0. The Morgan fingerprint density at radius 1 is 1.32 bits per heavy atom. The largest absolute Gasteiger partial charge is 0.356 e. The van der Waals surface area contributed by atoms with Gasteiger partial charge in [-0.05, 0) is 43.4 Å². The lowest BCUT2D eigenvalue weighted by molar-refractivity contribution is -0.121. The predicted octanol–water partition coefficient (Wildman–Crippen LogP) is 4.20. The number of anilines is 1. The van der Waals surface area contributed by atoms with E-state index < -0.39 is 5.82 Å². The van der Waals surface area contributed by atoms with Crippen molar-refractivity contribution in [3.8, 4) is 0 Å². The van der Waals surface area contributed by atoms with Crippen LogP contribution < -0.4 is 10.2 Å². The maximum atomic E-state index is 13.2. The molecule has 164 valence electrons. The van der Waals surface area contributed by atoms with Crippen molar-refractivity contribution < 1.29 is 13.7 Å². The number of fused-ring (bicyclic) bond motifs is 1. The Bertz CT molecular complexity index is 1090. The first kappa shape index (κ1) is 21.5. The topological polar surface area (TPSA) is 84.1 Å². The van der Waals surface area contributed by atoms with Crippen LogP contribution in [0.2, 0.25) is 5.02 Å². The van der Waals surface area contributed by atoms with Crippen molar-refractivity contribution in [2.45, 2.75) is 46.1 Å². The molecular weight excluding hydrogens is 421 g/mol. The van der Waals surface area contributed by atoms with E-state index in [1.807, 2.05) is 6.92 Å². The molecule has 1 aliphatic heterocycles. The number of benzene rings is 1. The summed E-state index contributed by atoms with van der Waals surface area (Å²) in [5.74, 6) is 1.52. The van der Waals surface area contributed by atoms with Crippen LogP contribution in [0.15, 0.2) is 22.7 Å². The number of aromatic nitrogens is 3. The first-order valence-electron chi connectivity index (χ1n) is 10.5. The minimum atomic E-state index is -0.408. The van der Waals surface area contributed by atoms with Crippen molar-refractivity contribution in [2.24, 2.45) is 5.92 Å². The van der Waals surface area contributed by atoms with Gasteiger partial charge in [-0.15, -0.1) is 0 Å². The molecular formula is C22H25ClFN5O2. The van der Waals surface area contributed by atoms with Gasteiger partial charge >= 0.3 is 0 Å². The number of carbonyl (C=O) groups excluding carboxylic acids is 1. The molecule has 7 nitrogen and oxygen atoms in total. The maximum absolute atomic E-state index is 13.2. The van der Waals surface area contributed by atoms with Gasteiger partial charge in [0.25, 0.3) is 5.71 Å². The number of nitrogens with one attached hydrogen (secondary N) is 1. The monoisotopic (exact) mass is 445 g/mol. The molecule has 1 amide bonds. The number of halogens is 2. The van der Waals surface area contributed by atoms with E-state index in [0.717, 1.165) is 42.8 Å². The van der Waals surface area contributed by atoms with Gasteiger partial charge in [-0.25, -0.2) is 9.37 Å². The smallest absolute Gasteiger partial charge is 0.263 e. The lowest BCUT2D eigenvalue weighted by atomic mass is 9.99. The molecule has 4 rings (SSSR count). The Morgan fingerprint density at radius 2 is 2.10 bits per heavy atom. The third-order valence-electron chi connectivity index (χ3n) is 5.68. The minimum Gasteiger partial charge on any atom is -0.356 e. The van der Waals surface area contributed by atoms with Crippen LogP contribution in [0.5, 0.6) is 0 Å². The summed E-state index contributed by atoms with van der Waals surface area (Å²) in [6.45, 7) is 6.24. The summed E-state index contributed by atoms with van der Waals surface area (Å²) in [6, 6.07) is 4.11. The molecule has 1 N–H and O–H groups in total. The van der Waals surface area contributed by atoms with Gasteiger partial charge in [0.15, 0.2) is 0 Å². The molecule has 3 aromatic rings. The normalized spacial score (nSPS) is 14.9. The fraction of sp³-hybridized carbons (Fsp3) is 0.455. The van der Waals surface area contributed by atoms with Gasteiger partial charge in [-0.3, -0.25) is 4.79 Å². The predicted molar refractivity (Wildman–Crippen MR) is 117 cm³/mol. The summed E-state index contributed by atoms with van der Waals surface area (Å²) in [6.07, 6.45) is 2.81. The SMILES string of the molecule is Cc1noc2nc(CCC(=O)NCc3ccc(F)cc3Cl)nc(N3CCC(C)CC3)c12. The number of rotatable bonds is 6. The Hall–Kier alpha value is -2.74. The quantitative estimate of drug-likeness (QED) is 0.612. The van der Waals surface area contributed by atoms with Crippen LogP contribution in [0.25, 0.3) is 11.1 Å². The number of amides is 1. The fourth-order valence-corrected chi connectivity index (χ4v) is 3.98. The lowest BCUT2D eigenvalue weighted by Crippen LogP contribution is -2.34. The lowest BCUT2D eigenvalue weighted by Gasteiger charge is -2.31. The maximum Gasteiger partial charge on any atom is 0.263 e. The van der Waals surface area contributed by atoms with Gasteiger partial charge in [0.2, 0.25) is 5.91 Å². The average molecular weight is 446 g/mol. The second kappa shape index (κ2) is 9.18. The second-order valence-corrected chi connectivity index (χ2v) is 8.50. The minimum absolute atomic E-state index is 0.161. The third-order valence-corrected chi connectivity index (χ3v) is 6.04. The van der Waals surface area contributed by atoms with Crippen LogP contribution in [-0.2, 0) is 17.8 Å². The van der Waals surface area contributed by atoms with Crippen molar-refractivity contribution >= 4 is 34.4 Å². The van der Waals surface area contributed by atoms with E-state index in [9.17, 15) is 9.18 Å². The van der Waals surface area contributed by atoms with Gasteiger partial charge < -0.3 is 14.7 Å². The van der Waals surface area contributed by atoms with Crippen LogP contribution in [0.3, 0.4) is 0 Å². The van der Waals surface area contributed by atoms with E-state index in [2.05, 4.69) is 27.3 Å². The molecule has 0 saturated carbocycles. The third kappa shape index (κ3) is 4.95. The van der Waals surface area contributed by atoms with E-state index in [0.29, 0.717) is 29.4 Å². The van der Waals surface area contributed by atoms with Gasteiger partial charge in [0.1, 0.15) is 22.8 Å². The molecule has 3 heterocycles. The Labute approximate surface area is 185 Å². The van der Waals surface area contributed by atoms with Crippen molar-refractivity contribution in [1.82, 2.24) is 20.4 Å². The Balaban J connectivity index is 1.44. The summed E-state index contributed by atoms with van der Waals surface area (Å²) in [5.41, 5.74) is 1.88. The Kier molecular flexibility index (Phi) is 6.36. The van der Waals surface area contributed by atoms with Crippen LogP contribution in [0.4, 0.5) is 10.2 Å². The highest BCUT2D eigenvalue weighted by atomic mass is 35.5. The molecule has 1 aliphatic rings. The van der Waals surface area contributed by atoms with Crippen molar-refractivity contribution in [3.63, 3.8) is 0 Å². The van der Waals surface area contributed by atoms with Crippen molar-refractivity contribution in [1.29, 1.82) is 0 Å².